The Morgan fingerprint density at radius 3 is 2.94 bits per heavy atom. The molecule has 3 N–H and O–H groups in total. The van der Waals surface area contributed by atoms with Gasteiger partial charge in [-0.25, -0.2) is 9.97 Å². The highest BCUT2D eigenvalue weighted by Gasteiger charge is 2.26. The zero-order valence-corrected chi connectivity index (χ0v) is 9.70. The highest BCUT2D eigenvalue weighted by Crippen LogP contribution is 2.35. The van der Waals surface area contributed by atoms with Crippen molar-refractivity contribution in [3.8, 4) is 0 Å². The van der Waals surface area contributed by atoms with Crippen LogP contribution in [0.2, 0.25) is 0 Å². The number of fused-ring (bicyclic) bond motifs is 1. The minimum Gasteiger partial charge on any atom is -0.354 e. The van der Waals surface area contributed by atoms with Gasteiger partial charge in [0, 0.05) is 31.7 Å². The van der Waals surface area contributed by atoms with Crippen LogP contribution in [-0.4, -0.2) is 40.6 Å². The Kier molecular flexibility index (Phi) is 2.68. The lowest BCUT2D eigenvalue weighted by molar-refractivity contribution is 0.504. The summed E-state index contributed by atoms with van der Waals surface area (Å²) in [5.74, 6) is 6.83. The van der Waals surface area contributed by atoms with Crippen molar-refractivity contribution in [3.63, 3.8) is 0 Å². The molecule has 0 bridgehead atoms. The summed E-state index contributed by atoms with van der Waals surface area (Å²) in [5.41, 5.74) is 1.16. The normalized spacial score (nSPS) is 21.2. The lowest BCUT2D eigenvalue weighted by Crippen LogP contribution is -2.44. The highest BCUT2D eigenvalue weighted by molar-refractivity contribution is 7.97. The van der Waals surface area contributed by atoms with E-state index in [1.54, 1.807) is 10.7 Å². The molecule has 0 radical (unpaired) electrons. The van der Waals surface area contributed by atoms with Crippen LogP contribution in [0, 0.1) is 0 Å². The molecule has 0 aromatic carbocycles. The number of rotatable bonds is 1. The summed E-state index contributed by atoms with van der Waals surface area (Å²) in [6.07, 6.45) is 1.63. The second-order valence-corrected chi connectivity index (χ2v) is 4.92. The Labute approximate surface area is 98.3 Å². The van der Waals surface area contributed by atoms with Crippen LogP contribution in [0.4, 0.5) is 5.82 Å². The zero-order valence-electron chi connectivity index (χ0n) is 8.89. The molecular formula is C9H14N6S. The van der Waals surface area contributed by atoms with Gasteiger partial charge in [-0.2, -0.15) is 4.41 Å². The number of anilines is 1. The van der Waals surface area contributed by atoms with Gasteiger partial charge >= 0.3 is 0 Å². The number of hydrogen-bond acceptors (Lipinski definition) is 7. The van der Waals surface area contributed by atoms with Gasteiger partial charge in [-0.15, -0.1) is 0 Å². The third-order valence-electron chi connectivity index (χ3n) is 2.82. The molecule has 6 nitrogen and oxygen atoms in total. The van der Waals surface area contributed by atoms with Crippen molar-refractivity contribution in [2.75, 3.05) is 31.1 Å². The van der Waals surface area contributed by atoms with E-state index < -0.39 is 0 Å². The molecular weight excluding hydrogens is 224 g/mol. The smallest absolute Gasteiger partial charge is 0.137 e. The molecule has 3 heterocycles. The van der Waals surface area contributed by atoms with E-state index in [4.69, 9.17) is 5.84 Å². The van der Waals surface area contributed by atoms with Crippen LogP contribution in [-0.2, 0) is 6.54 Å². The van der Waals surface area contributed by atoms with E-state index in [9.17, 15) is 0 Å². The molecule has 3 rings (SSSR count). The fourth-order valence-corrected chi connectivity index (χ4v) is 2.83. The Balaban J connectivity index is 1.92. The van der Waals surface area contributed by atoms with E-state index in [0.717, 1.165) is 49.1 Å². The average Bonchev–Trinajstić information content (AvgIpc) is 2.70. The maximum Gasteiger partial charge on any atom is 0.137 e. The number of nitrogens with zero attached hydrogens (tertiary/aromatic N) is 4. The SMILES string of the molecule is NN1Cc2c(ncnc2N2CCNCC2)S1. The van der Waals surface area contributed by atoms with Gasteiger partial charge in [0.25, 0.3) is 0 Å². The number of nitrogens with two attached hydrogens (primary N) is 1. The van der Waals surface area contributed by atoms with Gasteiger partial charge in [0.1, 0.15) is 17.2 Å². The molecule has 2 aliphatic rings. The minimum atomic E-state index is 0.722. The van der Waals surface area contributed by atoms with Crippen LogP contribution in [0.1, 0.15) is 5.56 Å². The summed E-state index contributed by atoms with van der Waals surface area (Å²) in [5, 5.41) is 4.33. The van der Waals surface area contributed by atoms with Crippen molar-refractivity contribution in [1.82, 2.24) is 19.7 Å². The predicted molar refractivity (Wildman–Crippen MR) is 62.7 cm³/mol. The van der Waals surface area contributed by atoms with Crippen LogP contribution in [0.15, 0.2) is 11.4 Å². The van der Waals surface area contributed by atoms with E-state index in [0.29, 0.717) is 0 Å². The summed E-state index contributed by atoms with van der Waals surface area (Å²) < 4.78 is 1.70. The molecule has 1 aromatic rings. The average molecular weight is 238 g/mol. The monoisotopic (exact) mass is 238 g/mol. The molecule has 0 saturated carbocycles. The molecule has 16 heavy (non-hydrogen) atoms. The fraction of sp³-hybridized carbons (Fsp3) is 0.556. The quantitative estimate of drug-likeness (QED) is 0.391. The van der Waals surface area contributed by atoms with Gasteiger partial charge in [-0.3, -0.25) is 5.84 Å². The largest absolute Gasteiger partial charge is 0.354 e. The molecule has 1 fully saturated rings. The molecule has 1 aromatic heterocycles. The standard InChI is InChI=1S/C9H14N6S/c10-15-5-7-8(12-6-13-9(7)16-15)14-3-1-11-2-4-14/h6,11H,1-5,10H2. The Morgan fingerprint density at radius 1 is 1.31 bits per heavy atom. The molecule has 86 valence electrons. The number of piperazine rings is 1. The van der Waals surface area contributed by atoms with Gasteiger partial charge in [0.05, 0.1) is 6.54 Å². The van der Waals surface area contributed by atoms with Crippen LogP contribution in [0.3, 0.4) is 0 Å². The van der Waals surface area contributed by atoms with Gasteiger partial charge in [-0.1, -0.05) is 0 Å². The van der Waals surface area contributed by atoms with Crippen molar-refractivity contribution < 1.29 is 0 Å². The number of aromatic nitrogens is 2. The van der Waals surface area contributed by atoms with E-state index in [1.807, 2.05) is 0 Å². The molecule has 0 amide bonds. The van der Waals surface area contributed by atoms with Crippen molar-refractivity contribution in [2.45, 2.75) is 11.6 Å². The van der Waals surface area contributed by atoms with E-state index in [1.165, 1.54) is 11.9 Å². The van der Waals surface area contributed by atoms with Crippen molar-refractivity contribution in [1.29, 1.82) is 0 Å². The van der Waals surface area contributed by atoms with E-state index in [2.05, 4.69) is 20.2 Å². The lowest BCUT2D eigenvalue weighted by atomic mass is 10.2. The van der Waals surface area contributed by atoms with Crippen molar-refractivity contribution in [3.05, 3.63) is 11.9 Å². The molecule has 0 atom stereocenters. The third kappa shape index (κ3) is 1.75. The fourth-order valence-electron chi connectivity index (χ4n) is 2.05. The highest BCUT2D eigenvalue weighted by atomic mass is 32.2. The molecule has 2 aliphatic heterocycles. The topological polar surface area (TPSA) is 70.3 Å². The number of nitrogens with one attached hydrogen (secondary N) is 1. The summed E-state index contributed by atoms with van der Waals surface area (Å²) in [4.78, 5) is 11.0. The molecule has 0 unspecified atom stereocenters. The van der Waals surface area contributed by atoms with Crippen LogP contribution in [0.25, 0.3) is 0 Å². The molecule has 7 heteroatoms. The van der Waals surface area contributed by atoms with Crippen molar-refractivity contribution in [2.24, 2.45) is 5.84 Å². The van der Waals surface area contributed by atoms with Gasteiger partial charge < -0.3 is 10.2 Å². The first-order valence-corrected chi connectivity index (χ1v) is 6.11. The maximum absolute atomic E-state index is 5.78. The molecule has 0 aliphatic carbocycles. The summed E-state index contributed by atoms with van der Waals surface area (Å²) in [6.45, 7) is 4.74. The summed E-state index contributed by atoms with van der Waals surface area (Å²) in [6, 6.07) is 0. The van der Waals surface area contributed by atoms with Crippen molar-refractivity contribution >= 4 is 17.8 Å². The zero-order chi connectivity index (χ0) is 11.0. The third-order valence-corrected chi connectivity index (χ3v) is 3.71. The van der Waals surface area contributed by atoms with Crippen LogP contribution < -0.4 is 16.1 Å². The van der Waals surface area contributed by atoms with Gasteiger partial charge in [0.2, 0.25) is 0 Å². The van der Waals surface area contributed by atoms with E-state index in [-0.39, 0.29) is 0 Å². The first-order valence-electron chi connectivity index (χ1n) is 5.34. The number of hydrogen-bond donors (Lipinski definition) is 2. The Hall–Kier alpha value is -0.890. The van der Waals surface area contributed by atoms with Crippen LogP contribution in [0.5, 0.6) is 0 Å². The Bertz CT molecular complexity index is 392. The van der Waals surface area contributed by atoms with E-state index >= 15 is 0 Å². The first-order chi connectivity index (χ1) is 7.84. The minimum absolute atomic E-state index is 0.722. The second-order valence-electron chi connectivity index (χ2n) is 3.88. The summed E-state index contributed by atoms with van der Waals surface area (Å²) in [7, 11) is 0. The summed E-state index contributed by atoms with van der Waals surface area (Å²) >= 11 is 1.49. The predicted octanol–water partition coefficient (Wildman–Crippen LogP) is -0.417. The lowest BCUT2D eigenvalue weighted by Gasteiger charge is -2.29. The maximum atomic E-state index is 5.78. The van der Waals surface area contributed by atoms with Gasteiger partial charge in [0.15, 0.2) is 0 Å². The number of hydrazine groups is 1. The molecule has 1 saturated heterocycles. The molecule has 0 spiro atoms. The second kappa shape index (κ2) is 4.17. The van der Waals surface area contributed by atoms with Gasteiger partial charge in [-0.05, 0) is 11.9 Å². The first kappa shape index (κ1) is 10.3. The Morgan fingerprint density at radius 2 is 2.12 bits per heavy atom. The van der Waals surface area contributed by atoms with Crippen LogP contribution >= 0.6 is 11.9 Å².